The number of para-hydroxylation sites is 1. The van der Waals surface area contributed by atoms with E-state index in [4.69, 9.17) is 9.15 Å². The Morgan fingerprint density at radius 3 is 3.00 bits per heavy atom. The van der Waals surface area contributed by atoms with Gasteiger partial charge in [-0.1, -0.05) is 23.9 Å². The molecular weight excluding hydrogens is 252 g/mol. The standard InChI is InChI=1S/C12H12N2O3S/c1-16-10-6-3-2-5-9(10)11-13-14-12(17-11)18-8-4-7-15/h2-3,5-7H,4,8H2,1H3. The van der Waals surface area contributed by atoms with Gasteiger partial charge in [0.2, 0.25) is 0 Å². The number of methoxy groups -OCH3 is 1. The highest BCUT2D eigenvalue weighted by atomic mass is 32.2. The fraction of sp³-hybridized carbons (Fsp3) is 0.250. The van der Waals surface area contributed by atoms with Crippen LogP contribution >= 0.6 is 11.8 Å². The predicted molar refractivity (Wildman–Crippen MR) is 67.7 cm³/mol. The van der Waals surface area contributed by atoms with Crippen LogP contribution in [0.25, 0.3) is 11.5 Å². The summed E-state index contributed by atoms with van der Waals surface area (Å²) in [4.78, 5) is 10.2. The van der Waals surface area contributed by atoms with Crippen LogP contribution in [0.15, 0.2) is 33.9 Å². The van der Waals surface area contributed by atoms with Gasteiger partial charge in [-0.2, -0.15) is 0 Å². The monoisotopic (exact) mass is 264 g/mol. The first-order chi connectivity index (χ1) is 8.85. The molecule has 0 radical (unpaired) electrons. The Bertz CT molecular complexity index is 528. The van der Waals surface area contributed by atoms with Gasteiger partial charge in [0.1, 0.15) is 12.0 Å². The smallest absolute Gasteiger partial charge is 0.276 e. The lowest BCUT2D eigenvalue weighted by Gasteiger charge is -2.03. The van der Waals surface area contributed by atoms with Crippen LogP contribution in [-0.2, 0) is 4.79 Å². The van der Waals surface area contributed by atoms with Crippen LogP contribution in [0.4, 0.5) is 0 Å². The number of carbonyl (C=O) groups is 1. The number of aldehydes is 1. The number of rotatable bonds is 6. The SMILES string of the molecule is COc1ccccc1-c1nnc(SCCC=O)o1. The quantitative estimate of drug-likeness (QED) is 0.453. The molecule has 1 aromatic heterocycles. The Labute approximate surface area is 109 Å². The zero-order valence-electron chi connectivity index (χ0n) is 9.83. The summed E-state index contributed by atoms with van der Waals surface area (Å²) in [6.45, 7) is 0. The molecule has 5 nitrogen and oxygen atoms in total. The van der Waals surface area contributed by atoms with Gasteiger partial charge in [0.25, 0.3) is 11.1 Å². The average molecular weight is 264 g/mol. The van der Waals surface area contributed by atoms with E-state index in [0.29, 0.717) is 29.0 Å². The molecule has 0 amide bonds. The highest BCUT2D eigenvalue weighted by Gasteiger charge is 2.12. The fourth-order valence-corrected chi connectivity index (χ4v) is 2.02. The summed E-state index contributed by atoms with van der Waals surface area (Å²) in [5.41, 5.74) is 0.759. The minimum atomic E-state index is 0.418. The van der Waals surface area contributed by atoms with E-state index in [0.717, 1.165) is 11.8 Å². The summed E-state index contributed by atoms with van der Waals surface area (Å²) in [5.74, 6) is 1.74. The minimum Gasteiger partial charge on any atom is -0.496 e. The second-order valence-corrected chi connectivity index (χ2v) is 4.42. The summed E-state index contributed by atoms with van der Waals surface area (Å²) < 4.78 is 10.7. The largest absolute Gasteiger partial charge is 0.496 e. The molecule has 2 rings (SSSR count). The third-order valence-electron chi connectivity index (χ3n) is 2.21. The third-order valence-corrected chi connectivity index (χ3v) is 3.06. The molecule has 0 saturated carbocycles. The van der Waals surface area contributed by atoms with Crippen molar-refractivity contribution in [1.29, 1.82) is 0 Å². The van der Waals surface area contributed by atoms with Crippen molar-refractivity contribution in [3.63, 3.8) is 0 Å². The molecule has 0 bridgehead atoms. The second kappa shape index (κ2) is 6.20. The predicted octanol–water partition coefficient (Wildman–Crippen LogP) is 2.43. The van der Waals surface area contributed by atoms with E-state index in [1.165, 1.54) is 11.8 Å². The van der Waals surface area contributed by atoms with Crippen molar-refractivity contribution in [2.75, 3.05) is 12.9 Å². The molecule has 0 aliphatic carbocycles. The zero-order chi connectivity index (χ0) is 12.8. The number of thioether (sulfide) groups is 1. The first-order valence-electron chi connectivity index (χ1n) is 5.38. The molecule has 0 fully saturated rings. The number of ether oxygens (including phenoxy) is 1. The van der Waals surface area contributed by atoms with E-state index < -0.39 is 0 Å². The number of aromatic nitrogens is 2. The summed E-state index contributed by atoms with van der Waals surface area (Å²) in [5, 5.41) is 8.34. The molecule has 0 aliphatic rings. The highest BCUT2D eigenvalue weighted by Crippen LogP contribution is 2.30. The molecule has 1 aromatic carbocycles. The first-order valence-corrected chi connectivity index (χ1v) is 6.37. The molecule has 18 heavy (non-hydrogen) atoms. The number of hydrogen-bond acceptors (Lipinski definition) is 6. The van der Waals surface area contributed by atoms with Crippen molar-refractivity contribution in [3.8, 4) is 17.2 Å². The van der Waals surface area contributed by atoms with E-state index in [-0.39, 0.29) is 0 Å². The Hall–Kier alpha value is -1.82. The number of benzene rings is 1. The van der Waals surface area contributed by atoms with E-state index in [1.807, 2.05) is 24.3 Å². The number of carbonyl (C=O) groups excluding carboxylic acids is 1. The maximum atomic E-state index is 10.2. The van der Waals surface area contributed by atoms with E-state index in [1.54, 1.807) is 7.11 Å². The molecular formula is C12H12N2O3S. The molecule has 1 heterocycles. The van der Waals surface area contributed by atoms with Crippen molar-refractivity contribution in [1.82, 2.24) is 10.2 Å². The first kappa shape index (κ1) is 12.6. The second-order valence-electron chi connectivity index (χ2n) is 3.38. The third kappa shape index (κ3) is 2.89. The van der Waals surface area contributed by atoms with Gasteiger partial charge in [0.15, 0.2) is 0 Å². The Morgan fingerprint density at radius 2 is 2.22 bits per heavy atom. The summed E-state index contributed by atoms with van der Waals surface area (Å²) in [7, 11) is 1.59. The minimum absolute atomic E-state index is 0.418. The maximum absolute atomic E-state index is 10.2. The number of nitrogens with zero attached hydrogens (tertiary/aromatic N) is 2. The molecule has 0 atom stereocenters. The van der Waals surface area contributed by atoms with Crippen molar-refractivity contribution >= 4 is 18.0 Å². The molecule has 0 unspecified atom stereocenters. The lowest BCUT2D eigenvalue weighted by molar-refractivity contribution is -0.107. The van der Waals surface area contributed by atoms with Crippen molar-refractivity contribution in [2.24, 2.45) is 0 Å². The van der Waals surface area contributed by atoms with Crippen LogP contribution in [0.2, 0.25) is 0 Å². The van der Waals surface area contributed by atoms with Gasteiger partial charge in [-0.25, -0.2) is 0 Å². The van der Waals surface area contributed by atoms with Crippen LogP contribution < -0.4 is 4.74 Å². The van der Waals surface area contributed by atoms with Crippen LogP contribution in [0.1, 0.15) is 6.42 Å². The summed E-state index contributed by atoms with van der Waals surface area (Å²) >= 11 is 1.36. The molecule has 2 aromatic rings. The maximum Gasteiger partial charge on any atom is 0.276 e. The van der Waals surface area contributed by atoms with Gasteiger partial charge in [-0.3, -0.25) is 0 Å². The topological polar surface area (TPSA) is 65.2 Å². The Morgan fingerprint density at radius 1 is 1.39 bits per heavy atom. The van der Waals surface area contributed by atoms with Crippen LogP contribution in [0, 0.1) is 0 Å². The summed E-state index contributed by atoms with van der Waals surface area (Å²) in [6.07, 6.45) is 1.33. The Kier molecular flexibility index (Phi) is 4.35. The van der Waals surface area contributed by atoms with Crippen LogP contribution in [0.5, 0.6) is 5.75 Å². The van der Waals surface area contributed by atoms with Crippen molar-refractivity contribution in [3.05, 3.63) is 24.3 Å². The van der Waals surface area contributed by atoms with Gasteiger partial charge in [-0.15, -0.1) is 10.2 Å². The van der Waals surface area contributed by atoms with Crippen molar-refractivity contribution in [2.45, 2.75) is 11.6 Å². The summed E-state index contributed by atoms with van der Waals surface area (Å²) in [6, 6.07) is 7.44. The van der Waals surface area contributed by atoms with Crippen molar-refractivity contribution < 1.29 is 13.9 Å². The molecule has 94 valence electrons. The lowest BCUT2D eigenvalue weighted by Crippen LogP contribution is -1.87. The van der Waals surface area contributed by atoms with Gasteiger partial charge in [0, 0.05) is 12.2 Å². The van der Waals surface area contributed by atoms with E-state index >= 15 is 0 Å². The molecule has 0 aliphatic heterocycles. The number of hydrogen-bond donors (Lipinski definition) is 0. The van der Waals surface area contributed by atoms with Gasteiger partial charge < -0.3 is 13.9 Å². The lowest BCUT2D eigenvalue weighted by atomic mass is 10.2. The molecule has 0 N–H and O–H groups in total. The normalized spacial score (nSPS) is 10.3. The van der Waals surface area contributed by atoms with Gasteiger partial charge >= 0.3 is 0 Å². The fourth-order valence-electron chi connectivity index (χ4n) is 1.39. The van der Waals surface area contributed by atoms with Gasteiger partial charge in [-0.05, 0) is 12.1 Å². The van der Waals surface area contributed by atoms with E-state index in [9.17, 15) is 4.79 Å². The molecule has 0 saturated heterocycles. The Balaban J connectivity index is 2.16. The highest BCUT2D eigenvalue weighted by molar-refractivity contribution is 7.99. The van der Waals surface area contributed by atoms with Crippen LogP contribution in [-0.4, -0.2) is 29.3 Å². The molecule has 6 heteroatoms. The zero-order valence-corrected chi connectivity index (χ0v) is 10.6. The molecule has 0 spiro atoms. The van der Waals surface area contributed by atoms with Crippen LogP contribution in [0.3, 0.4) is 0 Å². The van der Waals surface area contributed by atoms with E-state index in [2.05, 4.69) is 10.2 Å². The van der Waals surface area contributed by atoms with Gasteiger partial charge in [0.05, 0.1) is 12.7 Å². The average Bonchev–Trinajstić information content (AvgIpc) is 2.88.